The second kappa shape index (κ2) is 15.8. The molecule has 15 heteroatoms. The highest BCUT2D eigenvalue weighted by Gasteiger charge is 2.60. The highest BCUT2D eigenvalue weighted by Crippen LogP contribution is 2.44. The number of ether oxygens (including phenoxy) is 2. The summed E-state index contributed by atoms with van der Waals surface area (Å²) >= 11 is 0. The number of hydrogen-bond acceptors (Lipinski definition) is 11. The van der Waals surface area contributed by atoms with Gasteiger partial charge >= 0.3 is 0 Å². The fourth-order valence-electron chi connectivity index (χ4n) is 8.30. The van der Waals surface area contributed by atoms with Crippen molar-refractivity contribution >= 4 is 53.2 Å². The molecule has 0 spiro atoms. The van der Waals surface area contributed by atoms with Crippen molar-refractivity contribution in [3.8, 4) is 0 Å². The molecule has 3 amide bonds. The van der Waals surface area contributed by atoms with Gasteiger partial charge in [-0.2, -0.15) is 0 Å². The summed E-state index contributed by atoms with van der Waals surface area (Å²) in [5, 5.41) is 30.2. The molecular weight excluding hydrogens is 757 g/mol. The number of amides is 3. The van der Waals surface area contributed by atoms with E-state index in [4.69, 9.17) is 14.3 Å². The SMILES string of the molecule is CC(C)(C)[Si](c1ccccc1)(c1ccccc1)C(O)[C@H]1O[C@@H](n2cnc3c(NC(=O)c4ccccc4)ncnc32)[C@H](OCCON2C(=O)c3ccccc3C2=O)[C@@H]1O. The van der Waals surface area contributed by atoms with Gasteiger partial charge in [-0.25, -0.2) is 15.0 Å². The normalized spacial score (nSPS) is 20.1. The Morgan fingerprint density at radius 3 is 1.98 bits per heavy atom. The Kier molecular flexibility index (Phi) is 10.6. The summed E-state index contributed by atoms with van der Waals surface area (Å²) in [4.78, 5) is 58.0. The Bertz CT molecular complexity index is 2370. The Morgan fingerprint density at radius 2 is 1.40 bits per heavy atom. The first-order chi connectivity index (χ1) is 28.0. The van der Waals surface area contributed by atoms with Gasteiger partial charge in [-0.15, -0.1) is 5.06 Å². The quantitative estimate of drug-likeness (QED) is 0.0930. The number of hydrogen-bond donors (Lipinski definition) is 3. The van der Waals surface area contributed by atoms with Crippen molar-refractivity contribution in [2.45, 2.75) is 56.1 Å². The molecule has 0 saturated carbocycles. The molecule has 6 aromatic rings. The number of imidazole rings is 1. The number of nitrogens with zero attached hydrogens (tertiary/aromatic N) is 5. The molecule has 2 aliphatic rings. The standard InChI is InChI=1S/C43H42N6O8Si/c1-43(2,3)58(28-17-9-5-10-18-28,29-19-11-6-12-20-29)42(54)35-33(50)34(55-23-24-56-49-39(52)30-21-13-14-22-31(30)40(49)53)41(57-35)48-26-46-32-36(44-25-45-37(32)48)47-38(51)27-15-7-4-8-16-27/h4-22,25-26,33-35,41-42,50,54H,23-24H2,1-3H3,(H,44,45,47,51)/t33-,34+,35-,41+,42?/m0/s1. The molecular formula is C43H42N6O8Si. The minimum Gasteiger partial charge on any atom is -0.393 e. The van der Waals surface area contributed by atoms with Crippen LogP contribution in [0.15, 0.2) is 128 Å². The van der Waals surface area contributed by atoms with Gasteiger partial charge < -0.3 is 25.0 Å². The molecule has 2 aliphatic heterocycles. The maximum Gasteiger partial charge on any atom is 0.285 e. The number of aromatic nitrogens is 4. The van der Waals surface area contributed by atoms with E-state index in [1.54, 1.807) is 53.1 Å². The van der Waals surface area contributed by atoms with Crippen molar-refractivity contribution in [1.82, 2.24) is 24.6 Å². The Labute approximate surface area is 335 Å². The second-order valence-electron chi connectivity index (χ2n) is 15.2. The summed E-state index contributed by atoms with van der Waals surface area (Å²) in [6.07, 6.45) is -2.10. The monoisotopic (exact) mass is 798 g/mol. The number of carbonyl (C=O) groups is 3. The predicted molar refractivity (Wildman–Crippen MR) is 216 cm³/mol. The maximum atomic E-state index is 13.1. The number of nitrogens with one attached hydrogen (secondary N) is 1. The van der Waals surface area contributed by atoms with Crippen LogP contribution >= 0.6 is 0 Å². The van der Waals surface area contributed by atoms with E-state index in [9.17, 15) is 24.6 Å². The topological polar surface area (TPSA) is 178 Å². The zero-order valence-corrected chi connectivity index (χ0v) is 33.0. The fraction of sp³-hybridized carbons (Fsp3) is 0.256. The van der Waals surface area contributed by atoms with Crippen LogP contribution in [0.5, 0.6) is 0 Å². The van der Waals surface area contributed by atoms with E-state index in [2.05, 4.69) is 41.0 Å². The molecule has 4 aromatic carbocycles. The van der Waals surface area contributed by atoms with Gasteiger partial charge in [-0.3, -0.25) is 23.8 Å². The number of hydroxylamine groups is 2. The van der Waals surface area contributed by atoms with Crippen LogP contribution in [0.4, 0.5) is 5.82 Å². The van der Waals surface area contributed by atoms with Crippen molar-refractivity contribution in [1.29, 1.82) is 0 Å². The first kappa shape index (κ1) is 38.9. The first-order valence-corrected chi connectivity index (χ1v) is 21.0. The number of rotatable bonds is 12. The summed E-state index contributed by atoms with van der Waals surface area (Å²) in [5.74, 6) is -1.41. The van der Waals surface area contributed by atoms with E-state index >= 15 is 0 Å². The van der Waals surface area contributed by atoms with E-state index in [0.717, 1.165) is 10.4 Å². The Balaban J connectivity index is 1.14. The lowest BCUT2D eigenvalue weighted by Crippen LogP contribution is -2.75. The average Bonchev–Trinajstić information content (AvgIpc) is 3.89. The number of fused-ring (bicyclic) bond motifs is 2. The van der Waals surface area contributed by atoms with Gasteiger partial charge in [-0.1, -0.05) is 122 Å². The van der Waals surface area contributed by atoms with Gasteiger partial charge in [0, 0.05) is 5.56 Å². The fourth-order valence-corrected chi connectivity index (χ4v) is 14.1. The van der Waals surface area contributed by atoms with Crippen LogP contribution in [0.2, 0.25) is 5.04 Å². The molecule has 2 aromatic heterocycles. The molecule has 3 N–H and O–H groups in total. The van der Waals surface area contributed by atoms with Crippen LogP contribution < -0.4 is 15.7 Å². The van der Waals surface area contributed by atoms with Crippen LogP contribution in [0.1, 0.15) is 58.1 Å². The summed E-state index contributed by atoms with van der Waals surface area (Å²) in [6.45, 7) is 5.87. The molecule has 0 radical (unpaired) electrons. The molecule has 1 unspecified atom stereocenters. The van der Waals surface area contributed by atoms with E-state index in [1.807, 2.05) is 66.7 Å². The lowest BCUT2D eigenvalue weighted by Gasteiger charge is -2.48. The largest absolute Gasteiger partial charge is 0.393 e. The van der Waals surface area contributed by atoms with Crippen molar-refractivity contribution < 1.29 is 38.9 Å². The highest BCUT2D eigenvalue weighted by molar-refractivity contribution is 7.05. The Hall–Kier alpha value is -5.94. The number of carbonyl (C=O) groups excluding carboxylic acids is 3. The molecule has 58 heavy (non-hydrogen) atoms. The van der Waals surface area contributed by atoms with E-state index in [0.29, 0.717) is 10.6 Å². The van der Waals surface area contributed by atoms with Gasteiger partial charge in [0.15, 0.2) is 31.3 Å². The third-order valence-electron chi connectivity index (χ3n) is 10.9. The molecule has 14 nitrogen and oxygen atoms in total. The second-order valence-corrected chi connectivity index (χ2v) is 20.1. The summed E-state index contributed by atoms with van der Waals surface area (Å²) in [6, 6.07) is 34.8. The lowest BCUT2D eigenvalue weighted by molar-refractivity contribution is -0.128. The number of imide groups is 1. The van der Waals surface area contributed by atoms with E-state index < -0.39 is 61.1 Å². The Morgan fingerprint density at radius 1 is 0.828 bits per heavy atom. The van der Waals surface area contributed by atoms with Crippen LogP contribution in [0.25, 0.3) is 11.2 Å². The zero-order chi connectivity index (χ0) is 40.6. The predicted octanol–water partition coefficient (Wildman–Crippen LogP) is 3.91. The van der Waals surface area contributed by atoms with E-state index in [1.165, 1.54) is 12.7 Å². The van der Waals surface area contributed by atoms with Gasteiger partial charge in [0.25, 0.3) is 17.7 Å². The average molecular weight is 799 g/mol. The number of anilines is 1. The molecule has 8 rings (SSSR count). The van der Waals surface area contributed by atoms with Crippen LogP contribution in [-0.2, 0) is 14.3 Å². The molecule has 0 bridgehead atoms. The molecule has 296 valence electrons. The molecule has 1 saturated heterocycles. The van der Waals surface area contributed by atoms with Crippen molar-refractivity contribution in [2.75, 3.05) is 18.5 Å². The summed E-state index contributed by atoms with van der Waals surface area (Å²) in [7, 11) is -3.31. The summed E-state index contributed by atoms with van der Waals surface area (Å²) in [5.41, 5.74) is 0.208. The van der Waals surface area contributed by atoms with Crippen molar-refractivity contribution in [3.05, 3.63) is 145 Å². The van der Waals surface area contributed by atoms with Gasteiger partial charge in [0.05, 0.1) is 36.4 Å². The van der Waals surface area contributed by atoms with E-state index in [-0.39, 0.29) is 41.3 Å². The van der Waals surface area contributed by atoms with Crippen LogP contribution in [0, 0.1) is 0 Å². The number of benzene rings is 4. The van der Waals surface area contributed by atoms with Crippen molar-refractivity contribution in [3.63, 3.8) is 0 Å². The molecule has 0 aliphatic carbocycles. The number of aliphatic hydroxyl groups excluding tert-OH is 2. The third kappa shape index (κ3) is 6.70. The molecule has 1 fully saturated rings. The smallest absolute Gasteiger partial charge is 0.285 e. The van der Waals surface area contributed by atoms with Gasteiger partial charge in [0.1, 0.15) is 24.6 Å². The lowest BCUT2D eigenvalue weighted by atomic mass is 10.1. The molecule has 5 atom stereocenters. The zero-order valence-electron chi connectivity index (χ0n) is 32.0. The minimum absolute atomic E-state index is 0.159. The maximum absolute atomic E-state index is 13.1. The van der Waals surface area contributed by atoms with Gasteiger partial charge in [0.2, 0.25) is 0 Å². The highest BCUT2D eigenvalue weighted by atomic mass is 28.3. The van der Waals surface area contributed by atoms with Crippen LogP contribution in [-0.4, -0.2) is 97.8 Å². The first-order valence-electron chi connectivity index (χ1n) is 18.9. The van der Waals surface area contributed by atoms with Crippen LogP contribution in [0.3, 0.4) is 0 Å². The number of aliphatic hydroxyl groups is 2. The van der Waals surface area contributed by atoms with Gasteiger partial charge in [-0.05, 0) is 29.3 Å². The minimum atomic E-state index is -3.31. The molecule has 4 heterocycles. The third-order valence-corrected chi connectivity index (χ3v) is 17.0. The van der Waals surface area contributed by atoms with Crippen molar-refractivity contribution in [2.24, 2.45) is 0 Å². The summed E-state index contributed by atoms with van der Waals surface area (Å²) < 4.78 is 14.7.